The molecule has 0 aliphatic rings. The number of thiazole rings is 1. The molecule has 0 bridgehead atoms. The molecular weight excluding hydrogens is 320 g/mol. The van der Waals surface area contributed by atoms with Gasteiger partial charge in [0.05, 0.1) is 5.51 Å². The van der Waals surface area contributed by atoms with E-state index in [-0.39, 0.29) is 5.91 Å². The lowest BCUT2D eigenvalue weighted by Crippen LogP contribution is -2.11. The summed E-state index contributed by atoms with van der Waals surface area (Å²) < 4.78 is 0. The number of carboxylic acid groups (broad SMARTS) is 1. The lowest BCUT2D eigenvalue weighted by atomic mass is 10.1. The van der Waals surface area contributed by atoms with Gasteiger partial charge in [0, 0.05) is 16.6 Å². The van der Waals surface area contributed by atoms with E-state index in [0.717, 1.165) is 5.56 Å². The Labute approximate surface area is 133 Å². The van der Waals surface area contributed by atoms with E-state index in [1.165, 1.54) is 22.7 Å². The van der Waals surface area contributed by atoms with Gasteiger partial charge in [-0.3, -0.25) is 4.79 Å². The lowest BCUT2D eigenvalue weighted by Gasteiger charge is -2.05. The van der Waals surface area contributed by atoms with Gasteiger partial charge in [0.15, 0.2) is 0 Å². The fraction of sp³-hybridized carbons (Fsp3) is 0. The number of carbonyl (C=O) groups excluding carboxylic acids is 1. The predicted octanol–water partition coefficient (Wildman–Crippen LogP) is 3.82. The molecule has 5 nitrogen and oxygen atoms in total. The number of benzene rings is 1. The first kappa shape index (κ1) is 14.4. The summed E-state index contributed by atoms with van der Waals surface area (Å²) in [5, 5.41) is 15.3. The van der Waals surface area contributed by atoms with Gasteiger partial charge >= 0.3 is 5.97 Å². The zero-order valence-corrected chi connectivity index (χ0v) is 12.8. The molecule has 3 aromatic rings. The van der Waals surface area contributed by atoms with Crippen molar-refractivity contribution in [1.29, 1.82) is 0 Å². The maximum absolute atomic E-state index is 11.9. The molecule has 0 saturated heterocycles. The van der Waals surface area contributed by atoms with Crippen LogP contribution in [0.4, 0.5) is 5.69 Å². The smallest absolute Gasteiger partial charge is 0.346 e. The molecule has 0 radical (unpaired) electrons. The number of aromatic carboxylic acids is 1. The van der Waals surface area contributed by atoms with E-state index < -0.39 is 5.97 Å². The van der Waals surface area contributed by atoms with E-state index in [2.05, 4.69) is 10.3 Å². The molecule has 1 aromatic carbocycles. The zero-order valence-electron chi connectivity index (χ0n) is 11.1. The number of rotatable bonds is 4. The molecule has 0 atom stereocenters. The first-order valence-corrected chi connectivity index (χ1v) is 8.08. The van der Waals surface area contributed by atoms with Crippen LogP contribution < -0.4 is 5.32 Å². The third-order valence-corrected chi connectivity index (χ3v) is 4.47. The van der Waals surface area contributed by atoms with Crippen molar-refractivity contribution in [3.05, 3.63) is 57.2 Å². The van der Waals surface area contributed by atoms with Crippen molar-refractivity contribution in [1.82, 2.24) is 4.98 Å². The van der Waals surface area contributed by atoms with Gasteiger partial charge in [0.2, 0.25) is 0 Å². The van der Waals surface area contributed by atoms with E-state index in [0.29, 0.717) is 21.8 Å². The Bertz CT molecular complexity index is 808. The molecule has 7 heteroatoms. The molecule has 110 valence electrons. The van der Waals surface area contributed by atoms with Crippen molar-refractivity contribution in [2.45, 2.75) is 0 Å². The van der Waals surface area contributed by atoms with E-state index in [1.807, 2.05) is 0 Å². The predicted molar refractivity (Wildman–Crippen MR) is 86.8 cm³/mol. The van der Waals surface area contributed by atoms with Gasteiger partial charge in [-0.15, -0.1) is 22.7 Å². The summed E-state index contributed by atoms with van der Waals surface area (Å²) in [5.74, 6) is -1.21. The van der Waals surface area contributed by atoms with Crippen molar-refractivity contribution in [3.8, 4) is 11.1 Å². The molecule has 22 heavy (non-hydrogen) atoms. The Kier molecular flexibility index (Phi) is 3.99. The number of carbonyl (C=O) groups is 2. The molecular formula is C15H10N2O3S2. The Morgan fingerprint density at radius 3 is 2.55 bits per heavy atom. The van der Waals surface area contributed by atoms with Crippen LogP contribution in [0, 0.1) is 0 Å². The highest BCUT2D eigenvalue weighted by molar-refractivity contribution is 7.12. The largest absolute Gasteiger partial charge is 0.477 e. The zero-order chi connectivity index (χ0) is 15.5. The van der Waals surface area contributed by atoms with Gasteiger partial charge in [-0.1, -0.05) is 12.1 Å². The Hall–Kier alpha value is -2.51. The summed E-state index contributed by atoms with van der Waals surface area (Å²) in [4.78, 5) is 27.3. The van der Waals surface area contributed by atoms with Crippen molar-refractivity contribution in [2.75, 3.05) is 5.32 Å². The van der Waals surface area contributed by atoms with Crippen LogP contribution in [0.1, 0.15) is 20.2 Å². The van der Waals surface area contributed by atoms with Crippen molar-refractivity contribution in [3.63, 3.8) is 0 Å². The van der Waals surface area contributed by atoms with E-state index in [1.54, 1.807) is 46.6 Å². The highest BCUT2D eigenvalue weighted by Crippen LogP contribution is 2.29. The number of nitrogens with zero attached hydrogens (tertiary/aromatic N) is 1. The first-order chi connectivity index (χ1) is 10.6. The van der Waals surface area contributed by atoms with E-state index in [4.69, 9.17) is 5.11 Å². The molecule has 0 unspecified atom stereocenters. The molecule has 1 amide bonds. The Balaban J connectivity index is 1.80. The molecule has 0 saturated carbocycles. The highest BCUT2D eigenvalue weighted by atomic mass is 32.1. The summed E-state index contributed by atoms with van der Waals surface area (Å²) in [7, 11) is 0. The highest BCUT2D eigenvalue weighted by Gasteiger charge is 2.13. The van der Waals surface area contributed by atoms with Crippen LogP contribution in [-0.4, -0.2) is 22.0 Å². The Morgan fingerprint density at radius 2 is 1.91 bits per heavy atom. The summed E-state index contributed by atoms with van der Waals surface area (Å²) in [5.41, 5.74) is 4.08. The number of nitrogens with one attached hydrogen (secondary N) is 1. The van der Waals surface area contributed by atoms with Gasteiger partial charge in [-0.25, -0.2) is 9.78 Å². The van der Waals surface area contributed by atoms with Gasteiger partial charge in [-0.05, 0) is 29.1 Å². The number of hydrogen-bond acceptors (Lipinski definition) is 5. The fourth-order valence-electron chi connectivity index (χ4n) is 1.96. The Morgan fingerprint density at radius 1 is 1.14 bits per heavy atom. The summed E-state index contributed by atoms with van der Waals surface area (Å²) >= 11 is 2.55. The van der Waals surface area contributed by atoms with Crippen LogP contribution in [0.3, 0.4) is 0 Å². The summed E-state index contributed by atoms with van der Waals surface area (Å²) in [6.45, 7) is 0. The SMILES string of the molecule is O=C(Nc1ccc(-c2ccsc2C(=O)O)cc1)c1cscn1. The second-order valence-corrected chi connectivity index (χ2v) is 6.01. The summed E-state index contributed by atoms with van der Waals surface area (Å²) in [6.07, 6.45) is 0. The minimum Gasteiger partial charge on any atom is -0.477 e. The number of thiophene rings is 1. The summed E-state index contributed by atoms with van der Waals surface area (Å²) in [6, 6.07) is 8.82. The number of aromatic nitrogens is 1. The van der Waals surface area contributed by atoms with Gasteiger partial charge in [0.25, 0.3) is 5.91 Å². The number of anilines is 1. The quantitative estimate of drug-likeness (QED) is 0.762. The second kappa shape index (κ2) is 6.08. The monoisotopic (exact) mass is 330 g/mol. The number of hydrogen-bond donors (Lipinski definition) is 2. The molecule has 0 aliphatic carbocycles. The molecule has 0 spiro atoms. The van der Waals surface area contributed by atoms with Crippen molar-refractivity contribution in [2.24, 2.45) is 0 Å². The van der Waals surface area contributed by atoms with Crippen LogP contribution in [-0.2, 0) is 0 Å². The fourth-order valence-corrected chi connectivity index (χ4v) is 3.24. The topological polar surface area (TPSA) is 79.3 Å². The van der Waals surface area contributed by atoms with E-state index >= 15 is 0 Å². The third-order valence-electron chi connectivity index (χ3n) is 2.98. The van der Waals surface area contributed by atoms with E-state index in [9.17, 15) is 9.59 Å². The minimum absolute atomic E-state index is 0.268. The first-order valence-electron chi connectivity index (χ1n) is 6.26. The molecule has 0 aliphatic heterocycles. The standard InChI is InChI=1S/C15H10N2O3S2/c18-14(12-7-21-8-16-12)17-10-3-1-9(2-4-10)11-5-6-22-13(11)15(19)20/h1-8H,(H,17,18)(H,19,20). The lowest BCUT2D eigenvalue weighted by molar-refractivity contribution is 0.0702. The number of amides is 1. The van der Waals surface area contributed by atoms with Gasteiger partial charge in [0.1, 0.15) is 10.6 Å². The van der Waals surface area contributed by atoms with Crippen LogP contribution in [0.25, 0.3) is 11.1 Å². The van der Waals surface area contributed by atoms with Crippen LogP contribution >= 0.6 is 22.7 Å². The molecule has 2 heterocycles. The molecule has 2 N–H and O–H groups in total. The van der Waals surface area contributed by atoms with Gasteiger partial charge < -0.3 is 10.4 Å². The maximum atomic E-state index is 11.9. The third kappa shape index (κ3) is 2.90. The van der Waals surface area contributed by atoms with Gasteiger partial charge in [-0.2, -0.15) is 0 Å². The van der Waals surface area contributed by atoms with Crippen LogP contribution in [0.2, 0.25) is 0 Å². The van der Waals surface area contributed by atoms with Crippen LogP contribution in [0.5, 0.6) is 0 Å². The average molecular weight is 330 g/mol. The molecule has 2 aromatic heterocycles. The van der Waals surface area contributed by atoms with Crippen molar-refractivity contribution < 1.29 is 14.7 Å². The average Bonchev–Trinajstić information content (AvgIpc) is 3.19. The maximum Gasteiger partial charge on any atom is 0.346 e. The molecule has 0 fully saturated rings. The number of carboxylic acids is 1. The second-order valence-electron chi connectivity index (χ2n) is 4.37. The minimum atomic E-state index is -0.939. The molecule has 3 rings (SSSR count). The van der Waals surface area contributed by atoms with Crippen LogP contribution in [0.15, 0.2) is 46.6 Å². The van der Waals surface area contributed by atoms with Crippen molar-refractivity contribution >= 4 is 40.2 Å². The normalized spacial score (nSPS) is 10.4.